The molecule has 1 amide bonds. The first kappa shape index (κ1) is 20.1. The van der Waals surface area contributed by atoms with Gasteiger partial charge in [-0.15, -0.1) is 0 Å². The van der Waals surface area contributed by atoms with Crippen LogP contribution in [-0.4, -0.2) is 44.7 Å². The zero-order chi connectivity index (χ0) is 19.5. The third kappa shape index (κ3) is 4.51. The van der Waals surface area contributed by atoms with Crippen LogP contribution in [-0.2, 0) is 16.6 Å². The molecule has 6 heteroatoms. The highest BCUT2D eigenvalue weighted by molar-refractivity contribution is 7.89. The van der Waals surface area contributed by atoms with Crippen molar-refractivity contribution in [3.05, 3.63) is 65.2 Å². The van der Waals surface area contributed by atoms with Crippen LogP contribution in [0.15, 0.2) is 53.4 Å². The molecule has 0 aliphatic rings. The summed E-state index contributed by atoms with van der Waals surface area (Å²) in [5.41, 5.74) is 2.49. The molecule has 0 atom stereocenters. The fourth-order valence-corrected chi connectivity index (χ4v) is 3.78. The Kier molecular flexibility index (Phi) is 6.21. The van der Waals surface area contributed by atoms with E-state index in [1.54, 1.807) is 33.3 Å². The van der Waals surface area contributed by atoms with Gasteiger partial charge in [-0.05, 0) is 35.2 Å². The summed E-state index contributed by atoms with van der Waals surface area (Å²) in [6, 6.07) is 14.1. The van der Waals surface area contributed by atoms with Gasteiger partial charge in [0, 0.05) is 33.3 Å². The third-order valence-electron chi connectivity index (χ3n) is 4.25. The van der Waals surface area contributed by atoms with Crippen LogP contribution in [0.1, 0.15) is 41.3 Å². The van der Waals surface area contributed by atoms with Crippen LogP contribution in [0, 0.1) is 0 Å². The van der Waals surface area contributed by atoms with Crippen molar-refractivity contribution < 1.29 is 13.2 Å². The number of hydrogen-bond donors (Lipinski definition) is 0. The lowest BCUT2D eigenvalue weighted by Gasteiger charge is -2.18. The van der Waals surface area contributed by atoms with Gasteiger partial charge in [-0.1, -0.05) is 44.2 Å². The van der Waals surface area contributed by atoms with E-state index in [4.69, 9.17) is 0 Å². The number of rotatable bonds is 6. The second-order valence-electron chi connectivity index (χ2n) is 6.88. The maximum Gasteiger partial charge on any atom is 0.253 e. The first-order chi connectivity index (χ1) is 12.1. The molecule has 0 bridgehead atoms. The van der Waals surface area contributed by atoms with Crippen LogP contribution in [0.4, 0.5) is 0 Å². The van der Waals surface area contributed by atoms with Crippen LogP contribution in [0.2, 0.25) is 0 Å². The second-order valence-corrected chi connectivity index (χ2v) is 8.93. The van der Waals surface area contributed by atoms with Crippen molar-refractivity contribution in [2.45, 2.75) is 31.2 Å². The molecule has 0 heterocycles. The van der Waals surface area contributed by atoms with Gasteiger partial charge in [0.1, 0.15) is 0 Å². The van der Waals surface area contributed by atoms with Gasteiger partial charge in [-0.25, -0.2) is 8.42 Å². The predicted octanol–water partition coefficient (Wildman–Crippen LogP) is 3.33. The highest BCUT2D eigenvalue weighted by Crippen LogP contribution is 2.20. The van der Waals surface area contributed by atoms with E-state index in [1.807, 2.05) is 24.3 Å². The molecule has 0 aliphatic carbocycles. The van der Waals surface area contributed by atoms with E-state index < -0.39 is 10.0 Å². The van der Waals surface area contributed by atoms with Gasteiger partial charge >= 0.3 is 0 Å². The van der Waals surface area contributed by atoms with E-state index in [0.717, 1.165) is 5.56 Å². The highest BCUT2D eigenvalue weighted by atomic mass is 32.2. The topological polar surface area (TPSA) is 57.7 Å². The van der Waals surface area contributed by atoms with Gasteiger partial charge in [-0.2, -0.15) is 4.31 Å². The number of carbonyl (C=O) groups is 1. The largest absolute Gasteiger partial charge is 0.345 e. The van der Waals surface area contributed by atoms with Crippen molar-refractivity contribution in [3.63, 3.8) is 0 Å². The summed E-state index contributed by atoms with van der Waals surface area (Å²) < 4.78 is 27.0. The average molecular weight is 375 g/mol. The molecule has 26 heavy (non-hydrogen) atoms. The molecule has 2 rings (SSSR count). The fourth-order valence-electron chi connectivity index (χ4n) is 2.58. The predicted molar refractivity (Wildman–Crippen MR) is 104 cm³/mol. The molecule has 0 radical (unpaired) electrons. The van der Waals surface area contributed by atoms with Gasteiger partial charge in [0.2, 0.25) is 10.0 Å². The number of amides is 1. The minimum Gasteiger partial charge on any atom is -0.345 e. The Morgan fingerprint density at radius 1 is 1.00 bits per heavy atom. The van der Waals surface area contributed by atoms with Gasteiger partial charge < -0.3 is 4.90 Å². The van der Waals surface area contributed by atoms with Crippen LogP contribution in [0.3, 0.4) is 0 Å². The molecule has 5 nitrogen and oxygen atoms in total. The summed E-state index contributed by atoms with van der Waals surface area (Å²) in [6.07, 6.45) is 0. The summed E-state index contributed by atoms with van der Waals surface area (Å²) in [6.45, 7) is 4.51. The molecular formula is C20H26N2O3S. The molecule has 0 fully saturated rings. The molecule has 0 spiro atoms. The number of carbonyl (C=O) groups excluding carboxylic acids is 1. The van der Waals surface area contributed by atoms with Gasteiger partial charge in [0.05, 0.1) is 4.90 Å². The van der Waals surface area contributed by atoms with Crippen LogP contribution < -0.4 is 0 Å². The number of nitrogens with zero attached hydrogens (tertiary/aromatic N) is 2. The molecule has 0 saturated heterocycles. The molecule has 0 N–H and O–H groups in total. The fraction of sp³-hybridized carbons (Fsp3) is 0.350. The molecule has 0 aromatic heterocycles. The third-order valence-corrected chi connectivity index (χ3v) is 6.05. The SMILES string of the molecule is CC(C)c1ccc(CN(C)S(=O)(=O)c2cccc(C(=O)N(C)C)c2)cc1. The molecule has 140 valence electrons. The van der Waals surface area contributed by atoms with Crippen molar-refractivity contribution in [1.82, 2.24) is 9.21 Å². The molecule has 0 aliphatic heterocycles. The molecule has 0 saturated carbocycles. The number of benzene rings is 2. The first-order valence-electron chi connectivity index (χ1n) is 8.50. The Balaban J connectivity index is 2.23. The average Bonchev–Trinajstić information content (AvgIpc) is 2.61. The van der Waals surface area contributed by atoms with Crippen LogP contribution >= 0.6 is 0 Å². The summed E-state index contributed by atoms with van der Waals surface area (Å²) in [7, 11) is 1.14. The van der Waals surface area contributed by atoms with Crippen molar-refractivity contribution >= 4 is 15.9 Å². The van der Waals surface area contributed by atoms with Crippen molar-refractivity contribution in [2.24, 2.45) is 0 Å². The minimum absolute atomic E-state index is 0.117. The summed E-state index contributed by atoms with van der Waals surface area (Å²) in [5, 5.41) is 0. The quantitative estimate of drug-likeness (QED) is 0.779. The number of hydrogen-bond acceptors (Lipinski definition) is 3. The second kappa shape index (κ2) is 8.01. The zero-order valence-electron chi connectivity index (χ0n) is 15.9. The van der Waals surface area contributed by atoms with E-state index in [1.165, 1.54) is 26.9 Å². The summed E-state index contributed by atoms with van der Waals surface area (Å²) in [5.74, 6) is 0.205. The van der Waals surface area contributed by atoms with Gasteiger partial charge in [0.15, 0.2) is 0 Å². The maximum atomic E-state index is 12.9. The van der Waals surface area contributed by atoms with Crippen molar-refractivity contribution in [2.75, 3.05) is 21.1 Å². The van der Waals surface area contributed by atoms with E-state index in [9.17, 15) is 13.2 Å². The Hall–Kier alpha value is -2.18. The smallest absolute Gasteiger partial charge is 0.253 e. The maximum absolute atomic E-state index is 12.9. The van der Waals surface area contributed by atoms with E-state index in [2.05, 4.69) is 13.8 Å². The lowest BCUT2D eigenvalue weighted by molar-refractivity contribution is 0.0827. The first-order valence-corrected chi connectivity index (χ1v) is 9.94. The van der Waals surface area contributed by atoms with Crippen molar-refractivity contribution in [1.29, 1.82) is 0 Å². The van der Waals surface area contributed by atoms with E-state index in [0.29, 0.717) is 11.5 Å². The Labute approximate surface area is 156 Å². The van der Waals surface area contributed by atoms with Crippen LogP contribution in [0.5, 0.6) is 0 Å². The Morgan fingerprint density at radius 3 is 2.15 bits per heavy atom. The lowest BCUT2D eigenvalue weighted by Crippen LogP contribution is -2.27. The normalized spacial score (nSPS) is 11.8. The number of sulfonamides is 1. The zero-order valence-corrected chi connectivity index (χ0v) is 16.7. The summed E-state index contributed by atoms with van der Waals surface area (Å²) >= 11 is 0. The highest BCUT2D eigenvalue weighted by Gasteiger charge is 2.22. The molecule has 0 unspecified atom stereocenters. The Bertz CT molecular complexity index is 872. The lowest BCUT2D eigenvalue weighted by atomic mass is 10.0. The van der Waals surface area contributed by atoms with Crippen LogP contribution in [0.25, 0.3) is 0 Å². The van der Waals surface area contributed by atoms with Gasteiger partial charge in [0.25, 0.3) is 5.91 Å². The van der Waals surface area contributed by atoms with Crippen molar-refractivity contribution in [3.8, 4) is 0 Å². The Morgan fingerprint density at radius 2 is 1.62 bits per heavy atom. The van der Waals surface area contributed by atoms with Gasteiger partial charge in [-0.3, -0.25) is 4.79 Å². The molecule has 2 aromatic carbocycles. The monoisotopic (exact) mass is 374 g/mol. The minimum atomic E-state index is -3.68. The summed E-state index contributed by atoms with van der Waals surface area (Å²) in [4.78, 5) is 13.6. The van der Waals surface area contributed by atoms with E-state index in [-0.39, 0.29) is 17.3 Å². The molecular weight excluding hydrogens is 348 g/mol. The standard InChI is InChI=1S/C20H26N2O3S/c1-15(2)17-11-9-16(10-12-17)14-22(5)26(24,25)19-8-6-7-18(13-19)20(23)21(3)4/h6-13,15H,14H2,1-5H3. The molecule has 2 aromatic rings. The van der Waals surface area contributed by atoms with E-state index >= 15 is 0 Å².